The predicted octanol–water partition coefficient (Wildman–Crippen LogP) is -1.32. The van der Waals surface area contributed by atoms with Crippen LogP contribution in [0.5, 0.6) is 0 Å². The number of nitrogens with zero attached hydrogens (tertiary/aromatic N) is 3. The second kappa shape index (κ2) is 8.29. The van der Waals surface area contributed by atoms with E-state index in [-0.39, 0.29) is 57.2 Å². The van der Waals surface area contributed by atoms with Crippen molar-refractivity contribution in [1.29, 1.82) is 5.41 Å². The average molecular weight is 235 g/mol. The molecule has 1 aromatic heterocycles. The zero-order valence-corrected chi connectivity index (χ0v) is 13.5. The summed E-state index contributed by atoms with van der Waals surface area (Å²) in [4.78, 5) is 0. The van der Waals surface area contributed by atoms with E-state index in [4.69, 9.17) is 11.1 Å². The number of rotatable bonds is 2. The first-order chi connectivity index (χ1) is 6.57. The third-order valence-electron chi connectivity index (χ3n) is 1.67. The molecule has 3 N–H and O–H groups in total. The number of aromatic nitrogens is 2. The van der Waals surface area contributed by atoms with E-state index in [1.54, 1.807) is 18.8 Å². The Morgan fingerprint density at radius 2 is 1.93 bits per heavy atom. The van der Waals surface area contributed by atoms with E-state index in [0.29, 0.717) is 11.4 Å². The number of hydrogen-bond acceptors (Lipinski definition) is 2. The van der Waals surface area contributed by atoms with Crippen molar-refractivity contribution in [2.45, 2.75) is 20.8 Å². The summed E-state index contributed by atoms with van der Waals surface area (Å²) in [5.41, 5.74) is 6.74. The van der Waals surface area contributed by atoms with E-state index in [9.17, 15) is 0 Å². The Bertz CT molecular complexity index is 319. The predicted molar refractivity (Wildman–Crippen MR) is 59.3 cm³/mol. The smallest absolute Gasteiger partial charge is 0.467 e. The molecule has 0 saturated heterocycles. The quantitative estimate of drug-likeness (QED) is 0.379. The van der Waals surface area contributed by atoms with Crippen LogP contribution in [0.1, 0.15) is 25.1 Å². The van der Waals surface area contributed by atoms with Gasteiger partial charge in [0.2, 0.25) is 0 Å². The maximum Gasteiger partial charge on any atom is 1.00 e. The van der Waals surface area contributed by atoms with Crippen LogP contribution in [-0.4, -0.2) is 22.7 Å². The van der Waals surface area contributed by atoms with Crippen molar-refractivity contribution in [2.24, 2.45) is 12.8 Å². The van der Waals surface area contributed by atoms with Crippen LogP contribution in [0.4, 0.5) is 5.82 Å². The van der Waals surface area contributed by atoms with Gasteiger partial charge in [-0.3, -0.25) is 10.5 Å². The maximum atomic E-state index is 7.30. The van der Waals surface area contributed by atoms with Gasteiger partial charge in [0, 0.05) is 11.3 Å². The Hall–Kier alpha value is 0.116. The van der Waals surface area contributed by atoms with Crippen molar-refractivity contribution in [3.8, 4) is 0 Å². The van der Waals surface area contributed by atoms with Crippen molar-refractivity contribution < 1.29 is 51.4 Å². The van der Waals surface area contributed by atoms with Gasteiger partial charge in [0.15, 0.2) is 0 Å². The Morgan fingerprint density at radius 3 is 2.20 bits per heavy atom. The van der Waals surface area contributed by atoms with Crippen LogP contribution in [0, 0.1) is 12.3 Å². The summed E-state index contributed by atoms with van der Waals surface area (Å²) in [6, 6.07) is 0. The van der Waals surface area contributed by atoms with E-state index in [0.717, 1.165) is 5.69 Å². The molecule has 1 heterocycles. The number of aryl methyl sites for hydroxylation is 2. The van der Waals surface area contributed by atoms with Crippen molar-refractivity contribution in [3.63, 3.8) is 0 Å². The van der Waals surface area contributed by atoms with Crippen molar-refractivity contribution in [1.82, 2.24) is 9.78 Å². The maximum absolute atomic E-state index is 7.30. The number of nitrogen functional groups attached to an aromatic ring is 1. The van der Waals surface area contributed by atoms with Gasteiger partial charge in [-0.15, -0.1) is 0 Å². The number of nitrogens with two attached hydrogens (primary N) is 1. The molecule has 0 atom stereocenters. The minimum absolute atomic E-state index is 0. The first-order valence-electron chi connectivity index (χ1n) is 4.55. The molecule has 0 unspecified atom stereocenters. The Labute approximate surface area is 134 Å². The molecule has 0 aliphatic carbocycles. The standard InChI is InChI=1S/C7H12N5.C2H6.K/c1-4-5(6(8)9)7(10-2)12(3)11-4;1-2;/h1-3H3,(H3,8,9);1-2H3;/q-1;;+1. The third kappa shape index (κ3) is 4.24. The molecule has 0 aromatic carbocycles. The molecule has 6 heteroatoms. The van der Waals surface area contributed by atoms with Crippen molar-refractivity contribution in [2.75, 3.05) is 7.05 Å². The summed E-state index contributed by atoms with van der Waals surface area (Å²) in [7, 11) is 3.44. The topological polar surface area (TPSA) is 81.8 Å². The summed E-state index contributed by atoms with van der Waals surface area (Å²) in [5.74, 6) is 0.668. The summed E-state index contributed by atoms with van der Waals surface area (Å²) in [6.07, 6.45) is 0. The molecule has 0 saturated carbocycles. The summed E-state index contributed by atoms with van der Waals surface area (Å²) in [6.45, 7) is 5.81. The van der Waals surface area contributed by atoms with Gasteiger partial charge in [-0.1, -0.05) is 20.9 Å². The van der Waals surface area contributed by atoms with Gasteiger partial charge >= 0.3 is 51.4 Å². The molecule has 0 amide bonds. The SMILES string of the molecule is CC.C[N-]c1c(C(=N)N)c(C)nn1C.[K+]. The number of amidine groups is 1. The van der Waals surface area contributed by atoms with Gasteiger partial charge in [0.25, 0.3) is 0 Å². The second-order valence-corrected chi connectivity index (χ2v) is 2.54. The fraction of sp³-hybridized carbons (Fsp3) is 0.556. The number of hydrogen-bond donors (Lipinski definition) is 2. The van der Waals surface area contributed by atoms with Gasteiger partial charge in [-0.25, -0.2) is 0 Å². The molecule has 1 rings (SSSR count). The van der Waals surface area contributed by atoms with Crippen LogP contribution in [-0.2, 0) is 7.05 Å². The Kier molecular flexibility index (Phi) is 9.68. The van der Waals surface area contributed by atoms with Crippen molar-refractivity contribution in [3.05, 3.63) is 16.6 Å². The fourth-order valence-electron chi connectivity index (χ4n) is 1.22. The van der Waals surface area contributed by atoms with Crippen LogP contribution in [0.25, 0.3) is 5.32 Å². The molecule has 0 bridgehead atoms. The van der Waals surface area contributed by atoms with Gasteiger partial charge in [0.05, 0.1) is 0 Å². The summed E-state index contributed by atoms with van der Waals surface area (Å²) in [5, 5.41) is 15.4. The van der Waals surface area contributed by atoms with E-state index in [1.165, 1.54) is 0 Å². The molecule has 0 spiro atoms. The zero-order valence-electron chi connectivity index (χ0n) is 10.4. The van der Waals surface area contributed by atoms with E-state index >= 15 is 0 Å². The first kappa shape index (κ1) is 17.5. The molecule has 0 aliphatic rings. The molecule has 15 heavy (non-hydrogen) atoms. The monoisotopic (exact) mass is 235 g/mol. The van der Waals surface area contributed by atoms with Crippen LogP contribution in [0.2, 0.25) is 0 Å². The molecule has 5 nitrogen and oxygen atoms in total. The van der Waals surface area contributed by atoms with Crippen molar-refractivity contribution >= 4 is 11.7 Å². The molecule has 0 radical (unpaired) electrons. The van der Waals surface area contributed by atoms with Gasteiger partial charge in [-0.05, 0) is 19.8 Å². The molecule has 80 valence electrons. The first-order valence-corrected chi connectivity index (χ1v) is 4.55. The largest absolute Gasteiger partial charge is 1.00 e. The number of nitrogens with one attached hydrogen (secondary N) is 1. The molecule has 0 aliphatic heterocycles. The summed E-state index contributed by atoms with van der Waals surface area (Å²) >= 11 is 0. The molecular weight excluding hydrogens is 217 g/mol. The van der Waals surface area contributed by atoms with Gasteiger partial charge < -0.3 is 15.7 Å². The zero-order chi connectivity index (χ0) is 11.3. The normalized spacial score (nSPS) is 8.33. The Balaban J connectivity index is 0. The van der Waals surface area contributed by atoms with Gasteiger partial charge in [-0.2, -0.15) is 0 Å². The fourth-order valence-corrected chi connectivity index (χ4v) is 1.22. The molecule has 1 aromatic rings. The van der Waals surface area contributed by atoms with Crippen LogP contribution < -0.4 is 57.1 Å². The Morgan fingerprint density at radius 1 is 1.47 bits per heavy atom. The third-order valence-corrected chi connectivity index (χ3v) is 1.67. The van der Waals surface area contributed by atoms with Gasteiger partial charge in [0.1, 0.15) is 5.84 Å². The minimum Gasteiger partial charge on any atom is -0.467 e. The van der Waals surface area contributed by atoms with Crippen LogP contribution >= 0.6 is 0 Å². The summed E-state index contributed by atoms with van der Waals surface area (Å²) < 4.78 is 1.62. The minimum atomic E-state index is 0. The average Bonchev–Trinajstić information content (AvgIpc) is 2.43. The van der Waals surface area contributed by atoms with E-state index < -0.39 is 0 Å². The van der Waals surface area contributed by atoms with E-state index in [1.807, 2.05) is 20.8 Å². The van der Waals surface area contributed by atoms with Crippen LogP contribution in [0.15, 0.2) is 0 Å². The molecule has 0 fully saturated rings. The second-order valence-electron chi connectivity index (χ2n) is 2.54. The van der Waals surface area contributed by atoms with Crippen LogP contribution in [0.3, 0.4) is 0 Å². The molecular formula is C9H18KN5. The van der Waals surface area contributed by atoms with E-state index in [2.05, 4.69) is 10.4 Å².